The first-order chi connectivity index (χ1) is 3.27. The van der Waals surface area contributed by atoms with Crippen LogP contribution in [0.25, 0.3) is 0 Å². The molecule has 0 aliphatic rings. The molecule has 0 bridgehead atoms. The molecule has 0 aliphatic carbocycles. The third-order valence-electron chi connectivity index (χ3n) is 0.331. The summed E-state index contributed by atoms with van der Waals surface area (Å²) in [5, 5.41) is 8.59. The lowest BCUT2D eigenvalue weighted by Crippen LogP contribution is -2.00. The van der Waals surface area contributed by atoms with Crippen LogP contribution < -0.4 is 5.73 Å². The van der Waals surface area contributed by atoms with Crippen LogP contribution in [0.1, 0.15) is 6.92 Å². The standard InChI is InChI=1S/C4H8N2S/c1-2-3-7-4(5)6/h2-3H,1H3,(H3,5,6)/b3-2+. The van der Waals surface area contributed by atoms with Crippen molar-refractivity contribution in [3.63, 3.8) is 0 Å². The van der Waals surface area contributed by atoms with Crippen LogP contribution in [0.5, 0.6) is 0 Å². The van der Waals surface area contributed by atoms with Gasteiger partial charge in [0, 0.05) is 0 Å². The molecule has 2 nitrogen and oxygen atoms in total. The SMILES string of the molecule is C/C=C/SC(=N)N. The molecule has 0 heterocycles. The van der Waals surface area contributed by atoms with Gasteiger partial charge in [-0.2, -0.15) is 0 Å². The van der Waals surface area contributed by atoms with Crippen molar-refractivity contribution in [1.82, 2.24) is 0 Å². The van der Waals surface area contributed by atoms with Crippen LogP contribution in [0.4, 0.5) is 0 Å². The van der Waals surface area contributed by atoms with Crippen LogP contribution in [-0.2, 0) is 0 Å². The molecule has 40 valence electrons. The highest BCUT2D eigenvalue weighted by atomic mass is 32.2. The second-order valence-electron chi connectivity index (χ2n) is 0.952. The van der Waals surface area contributed by atoms with Gasteiger partial charge in [0.05, 0.1) is 0 Å². The van der Waals surface area contributed by atoms with Crippen molar-refractivity contribution in [2.75, 3.05) is 0 Å². The van der Waals surface area contributed by atoms with Gasteiger partial charge >= 0.3 is 0 Å². The zero-order valence-electron chi connectivity index (χ0n) is 4.14. The largest absolute Gasteiger partial charge is 0.378 e. The monoisotopic (exact) mass is 116 g/mol. The van der Waals surface area contributed by atoms with E-state index in [1.807, 2.05) is 13.0 Å². The van der Waals surface area contributed by atoms with Crippen LogP contribution in [0.3, 0.4) is 0 Å². The molecule has 0 aromatic carbocycles. The Balaban J connectivity index is 3.14. The molecule has 0 fully saturated rings. The summed E-state index contributed by atoms with van der Waals surface area (Å²) in [6, 6.07) is 0. The quantitative estimate of drug-likeness (QED) is 0.399. The molecule has 0 saturated carbocycles. The second-order valence-corrected chi connectivity index (χ2v) is 1.90. The maximum atomic E-state index is 6.69. The van der Waals surface area contributed by atoms with Crippen molar-refractivity contribution in [1.29, 1.82) is 5.41 Å². The Morgan fingerprint density at radius 3 is 2.57 bits per heavy atom. The third kappa shape index (κ3) is 5.56. The molecular formula is C4H8N2S. The minimum atomic E-state index is 0.137. The van der Waals surface area contributed by atoms with Gasteiger partial charge in [0.15, 0.2) is 5.17 Å². The number of hydrogen-bond acceptors (Lipinski definition) is 2. The van der Waals surface area contributed by atoms with Crippen LogP contribution in [0, 0.1) is 5.41 Å². The summed E-state index contributed by atoms with van der Waals surface area (Å²) in [5.41, 5.74) is 4.97. The fourth-order valence-corrected chi connectivity index (χ4v) is 0.424. The molecule has 3 heteroatoms. The molecule has 0 amide bonds. The molecule has 0 aromatic heterocycles. The van der Waals surface area contributed by atoms with E-state index in [0.29, 0.717) is 0 Å². The number of nitrogens with two attached hydrogens (primary N) is 1. The third-order valence-corrected chi connectivity index (χ3v) is 0.993. The maximum absolute atomic E-state index is 6.69. The van der Waals surface area contributed by atoms with E-state index in [9.17, 15) is 0 Å². The molecule has 0 saturated heterocycles. The zero-order chi connectivity index (χ0) is 5.70. The van der Waals surface area contributed by atoms with Gasteiger partial charge in [0.1, 0.15) is 0 Å². The average molecular weight is 116 g/mol. The summed E-state index contributed by atoms with van der Waals surface area (Å²) in [4.78, 5) is 0. The first-order valence-electron chi connectivity index (χ1n) is 1.89. The predicted octanol–water partition coefficient (Wildman–Crippen LogP) is 1.15. The summed E-state index contributed by atoms with van der Waals surface area (Å²) < 4.78 is 0. The highest BCUT2D eigenvalue weighted by molar-refractivity contribution is 8.16. The summed E-state index contributed by atoms with van der Waals surface area (Å²) in [6.07, 6.45) is 1.84. The van der Waals surface area contributed by atoms with E-state index in [0.717, 1.165) is 0 Å². The van der Waals surface area contributed by atoms with Crippen molar-refractivity contribution in [2.24, 2.45) is 5.73 Å². The fourth-order valence-electron chi connectivity index (χ4n) is 0.141. The number of allylic oxidation sites excluding steroid dienone is 1. The van der Waals surface area contributed by atoms with Crippen LogP contribution in [0.2, 0.25) is 0 Å². The van der Waals surface area contributed by atoms with Crippen molar-refractivity contribution < 1.29 is 0 Å². The van der Waals surface area contributed by atoms with Gasteiger partial charge in [-0.15, -0.1) is 0 Å². The molecule has 0 spiro atoms. The molecular weight excluding hydrogens is 108 g/mol. The van der Waals surface area contributed by atoms with E-state index in [-0.39, 0.29) is 5.17 Å². The van der Waals surface area contributed by atoms with Crippen molar-refractivity contribution in [2.45, 2.75) is 6.92 Å². The molecule has 0 rings (SSSR count). The Morgan fingerprint density at radius 1 is 1.86 bits per heavy atom. The Bertz CT molecular complexity index is 87.7. The number of nitrogens with one attached hydrogen (secondary N) is 1. The molecule has 0 radical (unpaired) electrons. The van der Waals surface area contributed by atoms with E-state index < -0.39 is 0 Å². The number of rotatable bonds is 1. The van der Waals surface area contributed by atoms with Crippen LogP contribution >= 0.6 is 11.8 Å². The van der Waals surface area contributed by atoms with Crippen molar-refractivity contribution >= 4 is 16.9 Å². The van der Waals surface area contributed by atoms with Gasteiger partial charge < -0.3 is 5.73 Å². The minimum absolute atomic E-state index is 0.137. The van der Waals surface area contributed by atoms with Crippen LogP contribution in [0.15, 0.2) is 11.5 Å². The number of hydrogen-bond donors (Lipinski definition) is 2. The zero-order valence-corrected chi connectivity index (χ0v) is 4.96. The highest BCUT2D eigenvalue weighted by Gasteiger charge is 1.77. The first-order valence-corrected chi connectivity index (χ1v) is 2.77. The Morgan fingerprint density at radius 2 is 2.43 bits per heavy atom. The van der Waals surface area contributed by atoms with Gasteiger partial charge in [0.2, 0.25) is 0 Å². The number of thioether (sulfide) groups is 1. The summed E-state index contributed by atoms with van der Waals surface area (Å²) in [5.74, 6) is 0. The van der Waals surface area contributed by atoms with Gasteiger partial charge in [-0.1, -0.05) is 17.8 Å². The Kier molecular flexibility index (Phi) is 3.50. The highest BCUT2D eigenvalue weighted by Crippen LogP contribution is 1.97. The molecule has 0 unspecified atom stereocenters. The smallest absolute Gasteiger partial charge is 0.155 e. The van der Waals surface area contributed by atoms with Crippen molar-refractivity contribution in [3.05, 3.63) is 11.5 Å². The molecule has 7 heavy (non-hydrogen) atoms. The van der Waals surface area contributed by atoms with E-state index >= 15 is 0 Å². The first kappa shape index (κ1) is 6.56. The molecule has 0 aromatic rings. The Labute approximate surface area is 47.3 Å². The summed E-state index contributed by atoms with van der Waals surface area (Å²) in [6.45, 7) is 1.88. The molecule has 0 aliphatic heterocycles. The van der Waals surface area contributed by atoms with Gasteiger partial charge in [-0.3, -0.25) is 5.41 Å². The summed E-state index contributed by atoms with van der Waals surface area (Å²) in [7, 11) is 0. The van der Waals surface area contributed by atoms with E-state index in [4.69, 9.17) is 11.1 Å². The Hall–Kier alpha value is -0.440. The minimum Gasteiger partial charge on any atom is -0.378 e. The van der Waals surface area contributed by atoms with E-state index in [1.54, 1.807) is 5.41 Å². The van der Waals surface area contributed by atoms with Crippen LogP contribution in [-0.4, -0.2) is 5.17 Å². The van der Waals surface area contributed by atoms with Crippen molar-refractivity contribution in [3.8, 4) is 0 Å². The second kappa shape index (κ2) is 3.74. The fraction of sp³-hybridized carbons (Fsp3) is 0.250. The van der Waals surface area contributed by atoms with Gasteiger partial charge in [0.25, 0.3) is 0 Å². The van der Waals surface area contributed by atoms with Gasteiger partial charge in [-0.05, 0) is 12.3 Å². The van der Waals surface area contributed by atoms with Gasteiger partial charge in [-0.25, -0.2) is 0 Å². The summed E-state index contributed by atoms with van der Waals surface area (Å²) >= 11 is 1.21. The maximum Gasteiger partial charge on any atom is 0.155 e. The normalized spacial score (nSPS) is 9.86. The lowest BCUT2D eigenvalue weighted by atomic mass is 10.8. The average Bonchev–Trinajstić information content (AvgIpc) is 1.61. The topological polar surface area (TPSA) is 49.9 Å². The predicted molar refractivity (Wildman–Crippen MR) is 34.3 cm³/mol. The van der Waals surface area contributed by atoms with E-state index in [1.165, 1.54) is 11.8 Å². The lowest BCUT2D eigenvalue weighted by molar-refractivity contribution is 1.51. The molecule has 3 N–H and O–H groups in total. The lowest BCUT2D eigenvalue weighted by Gasteiger charge is -1.82. The molecule has 0 atom stereocenters. The van der Waals surface area contributed by atoms with E-state index in [2.05, 4.69) is 0 Å². The number of amidine groups is 1.